The number of hydrogen-bond donors (Lipinski definition) is 1. The summed E-state index contributed by atoms with van der Waals surface area (Å²) < 4.78 is 0. The minimum absolute atomic E-state index is 0.614. The van der Waals surface area contributed by atoms with Crippen molar-refractivity contribution in [3.8, 4) is 0 Å². The fourth-order valence-corrected chi connectivity index (χ4v) is 2.75. The highest BCUT2D eigenvalue weighted by atomic mass is 32.2. The molecule has 1 aliphatic rings. The van der Waals surface area contributed by atoms with E-state index in [9.17, 15) is 0 Å². The summed E-state index contributed by atoms with van der Waals surface area (Å²) >= 11 is 2.04. The fraction of sp³-hybridized carbons (Fsp3) is 0.545. The van der Waals surface area contributed by atoms with E-state index in [-0.39, 0.29) is 0 Å². The molecule has 3 heteroatoms. The highest BCUT2D eigenvalue weighted by Crippen LogP contribution is 2.20. The lowest BCUT2D eigenvalue weighted by molar-refractivity contribution is 0.682. The largest absolute Gasteiger partial charge is 0.367 e. The number of pyridine rings is 1. The maximum absolute atomic E-state index is 4.31. The molecule has 0 amide bonds. The molecule has 1 saturated heterocycles. The van der Waals surface area contributed by atoms with Gasteiger partial charge in [-0.2, -0.15) is 11.8 Å². The molecule has 0 bridgehead atoms. The normalized spacial score (nSPS) is 21.9. The van der Waals surface area contributed by atoms with Crippen LogP contribution < -0.4 is 5.32 Å². The number of aryl methyl sites for hydroxylation is 1. The Hall–Kier alpha value is -0.700. The zero-order chi connectivity index (χ0) is 9.80. The van der Waals surface area contributed by atoms with Crippen molar-refractivity contribution in [3.63, 3.8) is 0 Å². The van der Waals surface area contributed by atoms with Crippen molar-refractivity contribution in [1.29, 1.82) is 0 Å². The van der Waals surface area contributed by atoms with E-state index < -0.39 is 0 Å². The zero-order valence-corrected chi connectivity index (χ0v) is 9.31. The second kappa shape index (κ2) is 4.69. The van der Waals surface area contributed by atoms with E-state index in [2.05, 4.69) is 23.3 Å². The van der Waals surface area contributed by atoms with Gasteiger partial charge in [-0.25, -0.2) is 4.98 Å². The highest BCUT2D eigenvalue weighted by molar-refractivity contribution is 7.99. The minimum Gasteiger partial charge on any atom is -0.367 e. The minimum atomic E-state index is 0.614. The number of aromatic nitrogens is 1. The van der Waals surface area contributed by atoms with Crippen molar-refractivity contribution in [2.75, 3.05) is 16.8 Å². The lowest BCUT2D eigenvalue weighted by atomic mass is 10.2. The first kappa shape index (κ1) is 9.84. The second-order valence-electron chi connectivity index (χ2n) is 3.78. The number of rotatable bonds is 2. The summed E-state index contributed by atoms with van der Waals surface area (Å²) in [7, 11) is 0. The standard InChI is InChI=1S/C11H16N2S/c1-9-4-5-12-11(7-9)13-10-3-2-6-14-8-10/h4-5,7,10H,2-3,6,8H2,1H3,(H,12,13). The SMILES string of the molecule is Cc1ccnc(NC2CCCSC2)c1. The molecular formula is C11H16N2S. The van der Waals surface area contributed by atoms with E-state index in [1.54, 1.807) is 0 Å². The van der Waals surface area contributed by atoms with Crippen LogP contribution in [0.1, 0.15) is 18.4 Å². The topological polar surface area (TPSA) is 24.9 Å². The van der Waals surface area contributed by atoms with Gasteiger partial charge in [0.1, 0.15) is 5.82 Å². The third kappa shape index (κ3) is 2.64. The van der Waals surface area contributed by atoms with Crippen LogP contribution in [0.2, 0.25) is 0 Å². The molecule has 1 aliphatic heterocycles. The summed E-state index contributed by atoms with van der Waals surface area (Å²) in [5.41, 5.74) is 1.27. The van der Waals surface area contributed by atoms with Crippen LogP contribution in [0, 0.1) is 6.92 Å². The first-order valence-electron chi connectivity index (χ1n) is 5.11. The average molecular weight is 208 g/mol. The van der Waals surface area contributed by atoms with E-state index in [1.165, 1.54) is 29.9 Å². The van der Waals surface area contributed by atoms with Crippen molar-refractivity contribution in [2.45, 2.75) is 25.8 Å². The van der Waals surface area contributed by atoms with Crippen LogP contribution in [-0.2, 0) is 0 Å². The summed E-state index contributed by atoms with van der Waals surface area (Å²) in [4.78, 5) is 4.31. The van der Waals surface area contributed by atoms with Crippen LogP contribution >= 0.6 is 11.8 Å². The van der Waals surface area contributed by atoms with Crippen LogP contribution in [0.4, 0.5) is 5.82 Å². The Bertz CT molecular complexity index is 295. The molecule has 14 heavy (non-hydrogen) atoms. The zero-order valence-electron chi connectivity index (χ0n) is 8.49. The van der Waals surface area contributed by atoms with E-state index >= 15 is 0 Å². The Morgan fingerprint density at radius 2 is 2.50 bits per heavy atom. The van der Waals surface area contributed by atoms with Gasteiger partial charge in [-0.15, -0.1) is 0 Å². The Morgan fingerprint density at radius 1 is 1.57 bits per heavy atom. The molecule has 76 valence electrons. The fourth-order valence-electron chi connectivity index (χ4n) is 1.68. The Labute approximate surface area is 89.5 Å². The number of anilines is 1. The van der Waals surface area contributed by atoms with E-state index in [1.807, 2.05) is 24.0 Å². The molecule has 2 heterocycles. The maximum atomic E-state index is 4.31. The van der Waals surface area contributed by atoms with Gasteiger partial charge in [-0.3, -0.25) is 0 Å². The van der Waals surface area contributed by atoms with Crippen LogP contribution in [0.5, 0.6) is 0 Å². The van der Waals surface area contributed by atoms with Gasteiger partial charge in [0, 0.05) is 18.0 Å². The molecule has 2 rings (SSSR count). The molecule has 1 N–H and O–H groups in total. The van der Waals surface area contributed by atoms with Gasteiger partial charge in [0.15, 0.2) is 0 Å². The molecule has 0 aliphatic carbocycles. The summed E-state index contributed by atoms with van der Waals surface area (Å²) in [5, 5.41) is 3.49. The molecule has 1 aromatic rings. The third-order valence-electron chi connectivity index (χ3n) is 2.43. The molecule has 1 unspecified atom stereocenters. The molecular weight excluding hydrogens is 192 g/mol. The van der Waals surface area contributed by atoms with E-state index in [0.29, 0.717) is 6.04 Å². The van der Waals surface area contributed by atoms with Crippen LogP contribution in [0.3, 0.4) is 0 Å². The van der Waals surface area contributed by atoms with Crippen LogP contribution in [0.15, 0.2) is 18.3 Å². The van der Waals surface area contributed by atoms with Crippen molar-refractivity contribution < 1.29 is 0 Å². The van der Waals surface area contributed by atoms with Crippen LogP contribution in [-0.4, -0.2) is 22.5 Å². The number of hydrogen-bond acceptors (Lipinski definition) is 3. The number of thioether (sulfide) groups is 1. The van der Waals surface area contributed by atoms with Crippen LogP contribution in [0.25, 0.3) is 0 Å². The summed E-state index contributed by atoms with van der Waals surface area (Å²) in [6, 6.07) is 4.75. The highest BCUT2D eigenvalue weighted by Gasteiger charge is 2.13. The van der Waals surface area contributed by atoms with Gasteiger partial charge in [0.25, 0.3) is 0 Å². The summed E-state index contributed by atoms with van der Waals surface area (Å²) in [6.07, 6.45) is 4.48. The molecule has 1 aromatic heterocycles. The molecule has 2 nitrogen and oxygen atoms in total. The molecule has 1 atom stereocenters. The van der Waals surface area contributed by atoms with Gasteiger partial charge < -0.3 is 5.32 Å². The molecule has 0 saturated carbocycles. The van der Waals surface area contributed by atoms with Crippen molar-refractivity contribution in [2.24, 2.45) is 0 Å². The predicted octanol–water partition coefficient (Wildman–Crippen LogP) is 2.70. The summed E-state index contributed by atoms with van der Waals surface area (Å²) in [5.74, 6) is 3.56. The Balaban J connectivity index is 1.95. The summed E-state index contributed by atoms with van der Waals surface area (Å²) in [6.45, 7) is 2.10. The van der Waals surface area contributed by atoms with E-state index in [0.717, 1.165) is 5.82 Å². The molecule has 0 aromatic carbocycles. The lowest BCUT2D eigenvalue weighted by Gasteiger charge is -2.22. The average Bonchev–Trinajstić information content (AvgIpc) is 2.19. The van der Waals surface area contributed by atoms with Gasteiger partial charge in [0.05, 0.1) is 0 Å². The smallest absolute Gasteiger partial charge is 0.126 e. The molecule has 0 spiro atoms. The maximum Gasteiger partial charge on any atom is 0.126 e. The van der Waals surface area contributed by atoms with Gasteiger partial charge in [-0.1, -0.05) is 0 Å². The predicted molar refractivity (Wildman–Crippen MR) is 62.9 cm³/mol. The van der Waals surface area contributed by atoms with Gasteiger partial charge >= 0.3 is 0 Å². The number of nitrogens with zero attached hydrogens (tertiary/aromatic N) is 1. The van der Waals surface area contributed by atoms with E-state index in [4.69, 9.17) is 0 Å². The number of nitrogens with one attached hydrogen (secondary N) is 1. The lowest BCUT2D eigenvalue weighted by Crippen LogP contribution is -2.26. The van der Waals surface area contributed by atoms with Crippen molar-refractivity contribution in [3.05, 3.63) is 23.9 Å². The Kier molecular flexibility index (Phi) is 3.30. The third-order valence-corrected chi connectivity index (χ3v) is 3.64. The van der Waals surface area contributed by atoms with Gasteiger partial charge in [-0.05, 0) is 43.2 Å². The van der Waals surface area contributed by atoms with Gasteiger partial charge in [0.2, 0.25) is 0 Å². The second-order valence-corrected chi connectivity index (χ2v) is 4.93. The monoisotopic (exact) mass is 208 g/mol. The molecule has 1 fully saturated rings. The molecule has 0 radical (unpaired) electrons. The Morgan fingerprint density at radius 3 is 3.21 bits per heavy atom. The van der Waals surface area contributed by atoms with Crippen molar-refractivity contribution in [1.82, 2.24) is 4.98 Å². The first-order chi connectivity index (χ1) is 6.84. The van der Waals surface area contributed by atoms with Crippen molar-refractivity contribution >= 4 is 17.6 Å². The first-order valence-corrected chi connectivity index (χ1v) is 6.27. The quantitative estimate of drug-likeness (QED) is 0.809.